The van der Waals surface area contributed by atoms with Crippen molar-refractivity contribution in [1.29, 1.82) is 0 Å². The van der Waals surface area contributed by atoms with Crippen LogP contribution in [0.4, 0.5) is 5.95 Å². The van der Waals surface area contributed by atoms with E-state index in [2.05, 4.69) is 30.7 Å². The van der Waals surface area contributed by atoms with Crippen LogP contribution in [0.3, 0.4) is 0 Å². The highest BCUT2D eigenvalue weighted by molar-refractivity contribution is 5.30. The highest BCUT2D eigenvalue weighted by Crippen LogP contribution is 2.67. The van der Waals surface area contributed by atoms with Gasteiger partial charge in [-0.25, -0.2) is 9.97 Å². The van der Waals surface area contributed by atoms with Crippen LogP contribution in [0.2, 0.25) is 0 Å². The van der Waals surface area contributed by atoms with Crippen molar-refractivity contribution in [3.8, 4) is 0 Å². The number of aromatic nitrogens is 2. The number of nitrogens with zero attached hydrogens (tertiary/aromatic N) is 2. The van der Waals surface area contributed by atoms with Crippen molar-refractivity contribution in [2.24, 2.45) is 34.5 Å². The minimum Gasteiger partial charge on any atom is -0.390 e. The van der Waals surface area contributed by atoms with Gasteiger partial charge in [-0.05, 0) is 98.4 Å². The summed E-state index contributed by atoms with van der Waals surface area (Å²) in [7, 11) is 0. The third kappa shape index (κ3) is 2.05. The Morgan fingerprint density at radius 3 is 2.65 bits per heavy atom. The summed E-state index contributed by atoms with van der Waals surface area (Å²) in [4.78, 5) is 8.84. The molecule has 0 bridgehead atoms. The molecular weight excluding hydrogens is 322 g/mol. The van der Waals surface area contributed by atoms with Crippen LogP contribution in [0.15, 0.2) is 6.20 Å². The number of fused-ring (bicyclic) bond motifs is 6. The average molecular weight is 356 g/mol. The number of hydrogen-bond acceptors (Lipinski definition) is 4. The molecule has 0 saturated heterocycles. The molecule has 4 heteroatoms. The van der Waals surface area contributed by atoms with Gasteiger partial charge in [0.1, 0.15) is 0 Å². The first kappa shape index (κ1) is 17.0. The van der Waals surface area contributed by atoms with Gasteiger partial charge in [0.05, 0.1) is 5.60 Å². The van der Waals surface area contributed by atoms with Crippen LogP contribution in [0, 0.1) is 34.5 Å². The standard InChI is InChI=1S/C22H33N3O/c1-20-11-13-12-24-19(23)25-18(13)10-14(20)4-5-15-16(20)6-8-21(2)17(15)7-9-22(21,3)26/h12,14-17,26H,4-11H2,1-3H3,(H2,23,24,25)/t14-,15+,16-,17-,20-,21-,22-/m0/s1. The van der Waals surface area contributed by atoms with Gasteiger partial charge in [0.15, 0.2) is 0 Å². The maximum atomic E-state index is 11.1. The zero-order valence-corrected chi connectivity index (χ0v) is 16.5. The molecule has 4 aliphatic rings. The largest absolute Gasteiger partial charge is 0.390 e. The summed E-state index contributed by atoms with van der Waals surface area (Å²) in [6, 6.07) is 0. The van der Waals surface area contributed by atoms with Crippen LogP contribution in [0.5, 0.6) is 0 Å². The Morgan fingerprint density at radius 1 is 1.08 bits per heavy atom. The first-order chi connectivity index (χ1) is 12.2. The number of rotatable bonds is 0. The maximum absolute atomic E-state index is 11.1. The van der Waals surface area contributed by atoms with Gasteiger partial charge in [-0.2, -0.15) is 0 Å². The van der Waals surface area contributed by atoms with Gasteiger partial charge >= 0.3 is 0 Å². The lowest BCUT2D eigenvalue weighted by Crippen LogP contribution is -2.56. The van der Waals surface area contributed by atoms with Gasteiger partial charge in [-0.1, -0.05) is 13.8 Å². The lowest BCUT2D eigenvalue weighted by atomic mass is 9.44. The first-order valence-electron chi connectivity index (χ1n) is 10.6. The minimum atomic E-state index is -0.481. The third-order valence-electron chi connectivity index (χ3n) is 9.61. The van der Waals surface area contributed by atoms with Crippen LogP contribution in [0.1, 0.15) is 70.6 Å². The Morgan fingerprint density at radius 2 is 1.85 bits per heavy atom. The Bertz CT molecular complexity index is 747. The molecule has 1 aromatic heterocycles. The SMILES string of the molecule is C[C@]12Cc3cnc(N)nc3C[C@@H]1CC[C@@H]1[C@@H]2CC[C@@]2(C)[C@H]1CC[C@]2(C)O. The van der Waals surface area contributed by atoms with E-state index < -0.39 is 5.60 Å². The fraction of sp³-hybridized carbons (Fsp3) is 0.818. The summed E-state index contributed by atoms with van der Waals surface area (Å²) in [6.45, 7) is 7.02. The molecule has 0 spiro atoms. The molecule has 0 amide bonds. The van der Waals surface area contributed by atoms with E-state index >= 15 is 0 Å². The topological polar surface area (TPSA) is 72.0 Å². The van der Waals surface area contributed by atoms with E-state index in [0.29, 0.717) is 17.3 Å². The number of aliphatic hydroxyl groups is 1. The molecule has 0 aliphatic heterocycles. The van der Waals surface area contributed by atoms with Gasteiger partial charge in [0.2, 0.25) is 5.95 Å². The fourth-order valence-electron chi connectivity index (χ4n) is 7.81. The van der Waals surface area contributed by atoms with E-state index in [1.807, 2.05) is 6.20 Å². The lowest BCUT2D eigenvalue weighted by molar-refractivity contribution is -0.139. The molecule has 142 valence electrons. The van der Waals surface area contributed by atoms with E-state index in [-0.39, 0.29) is 5.41 Å². The molecular formula is C22H33N3O. The quantitative estimate of drug-likeness (QED) is 0.743. The monoisotopic (exact) mass is 355 g/mol. The van der Waals surface area contributed by atoms with E-state index in [1.54, 1.807) is 0 Å². The van der Waals surface area contributed by atoms with E-state index in [1.165, 1.54) is 43.4 Å². The van der Waals surface area contributed by atoms with Crippen molar-refractivity contribution in [2.75, 3.05) is 5.73 Å². The van der Waals surface area contributed by atoms with Crippen LogP contribution < -0.4 is 5.73 Å². The summed E-state index contributed by atoms with van der Waals surface area (Å²) in [6.07, 6.45) is 11.4. The average Bonchev–Trinajstić information content (AvgIpc) is 2.83. The van der Waals surface area contributed by atoms with Gasteiger partial charge < -0.3 is 10.8 Å². The normalized spacial score (nSPS) is 49.7. The van der Waals surface area contributed by atoms with Crippen LogP contribution >= 0.6 is 0 Å². The van der Waals surface area contributed by atoms with E-state index in [9.17, 15) is 5.11 Å². The summed E-state index contributed by atoms with van der Waals surface area (Å²) >= 11 is 0. The molecule has 26 heavy (non-hydrogen) atoms. The van der Waals surface area contributed by atoms with E-state index in [0.717, 1.165) is 37.0 Å². The molecule has 3 saturated carbocycles. The van der Waals surface area contributed by atoms with Crippen LogP contribution in [0.25, 0.3) is 0 Å². The molecule has 1 heterocycles. The van der Waals surface area contributed by atoms with E-state index in [4.69, 9.17) is 5.73 Å². The Labute approximate surface area is 157 Å². The predicted octanol–water partition coefficient (Wildman–Crippen LogP) is 3.77. The summed E-state index contributed by atoms with van der Waals surface area (Å²) in [5.41, 5.74) is 8.35. The van der Waals surface area contributed by atoms with Crippen molar-refractivity contribution in [2.45, 2.75) is 77.7 Å². The van der Waals surface area contributed by atoms with Crippen LogP contribution in [-0.2, 0) is 12.8 Å². The second-order valence-corrected chi connectivity index (χ2v) is 10.5. The summed E-state index contributed by atoms with van der Waals surface area (Å²) in [5.74, 6) is 3.39. The molecule has 0 unspecified atom stereocenters. The van der Waals surface area contributed by atoms with Crippen molar-refractivity contribution in [3.63, 3.8) is 0 Å². The Kier molecular flexibility index (Phi) is 3.40. The van der Waals surface area contributed by atoms with Crippen molar-refractivity contribution in [3.05, 3.63) is 17.5 Å². The number of nitrogen functional groups attached to an aromatic ring is 1. The fourth-order valence-corrected chi connectivity index (χ4v) is 7.81. The number of hydrogen-bond donors (Lipinski definition) is 2. The van der Waals surface area contributed by atoms with Gasteiger partial charge in [-0.3, -0.25) is 0 Å². The van der Waals surface area contributed by atoms with Gasteiger partial charge in [0.25, 0.3) is 0 Å². The maximum Gasteiger partial charge on any atom is 0.220 e. The second-order valence-electron chi connectivity index (χ2n) is 10.5. The van der Waals surface area contributed by atoms with Gasteiger partial charge in [-0.15, -0.1) is 0 Å². The zero-order chi connectivity index (χ0) is 18.3. The molecule has 1 aromatic rings. The molecule has 3 fully saturated rings. The molecule has 4 nitrogen and oxygen atoms in total. The highest BCUT2D eigenvalue weighted by atomic mass is 16.3. The molecule has 3 N–H and O–H groups in total. The van der Waals surface area contributed by atoms with Crippen molar-refractivity contribution in [1.82, 2.24) is 9.97 Å². The highest BCUT2D eigenvalue weighted by Gasteiger charge is 2.63. The first-order valence-corrected chi connectivity index (χ1v) is 10.6. The Balaban J connectivity index is 1.50. The Hall–Kier alpha value is -1.16. The molecule has 5 rings (SSSR count). The smallest absolute Gasteiger partial charge is 0.220 e. The van der Waals surface area contributed by atoms with Crippen LogP contribution in [-0.4, -0.2) is 20.7 Å². The van der Waals surface area contributed by atoms with Crippen molar-refractivity contribution >= 4 is 5.95 Å². The molecule has 0 aromatic carbocycles. The zero-order valence-electron chi connectivity index (χ0n) is 16.5. The van der Waals surface area contributed by atoms with Crippen molar-refractivity contribution < 1.29 is 5.11 Å². The minimum absolute atomic E-state index is 0.113. The molecule has 7 atom stereocenters. The predicted molar refractivity (Wildman–Crippen MR) is 102 cm³/mol. The summed E-state index contributed by atoms with van der Waals surface area (Å²) < 4.78 is 0. The molecule has 0 radical (unpaired) electrons. The number of anilines is 1. The second kappa shape index (κ2) is 5.21. The van der Waals surface area contributed by atoms with Gasteiger partial charge in [0, 0.05) is 11.9 Å². The third-order valence-corrected chi connectivity index (χ3v) is 9.61. The summed E-state index contributed by atoms with van der Waals surface area (Å²) in [5, 5.41) is 11.1. The number of nitrogens with two attached hydrogens (primary N) is 1. The molecule has 4 aliphatic carbocycles. The lowest BCUT2D eigenvalue weighted by Gasteiger charge is -2.61.